The van der Waals surface area contributed by atoms with Crippen LogP contribution in [0.5, 0.6) is 5.75 Å². The summed E-state index contributed by atoms with van der Waals surface area (Å²) in [6, 6.07) is 8.82. The number of aliphatic hydroxyl groups is 1. The van der Waals surface area contributed by atoms with Crippen molar-refractivity contribution in [3.05, 3.63) is 53.9 Å². The van der Waals surface area contributed by atoms with Crippen LogP contribution in [0, 0.1) is 5.92 Å². The van der Waals surface area contributed by atoms with E-state index in [-0.39, 0.29) is 17.1 Å². The molecule has 2 N–H and O–H groups in total. The van der Waals surface area contributed by atoms with Crippen LogP contribution in [-0.4, -0.2) is 31.0 Å². The number of hydrogen-bond donors (Lipinski definition) is 2. The first-order chi connectivity index (χ1) is 13.4. The Hall–Kier alpha value is -2.45. The van der Waals surface area contributed by atoms with Crippen molar-refractivity contribution in [1.29, 1.82) is 0 Å². The van der Waals surface area contributed by atoms with Gasteiger partial charge in [0.2, 0.25) is 0 Å². The van der Waals surface area contributed by atoms with Gasteiger partial charge in [0.15, 0.2) is 0 Å². The highest BCUT2D eigenvalue weighted by Gasteiger charge is 2.19. The number of carbonyl (C=O) groups is 1. The first kappa shape index (κ1) is 21.8. The summed E-state index contributed by atoms with van der Waals surface area (Å²) < 4.78 is 32.6. The first-order valence-corrected chi connectivity index (χ1v) is 10.7. The van der Waals surface area contributed by atoms with Crippen LogP contribution in [0.25, 0.3) is 0 Å². The molecule has 28 heavy (non-hydrogen) atoms. The predicted octanol–water partition coefficient (Wildman–Crippen LogP) is 2.90. The number of benzene rings is 1. The molecule has 1 amide bonds. The molecule has 0 spiro atoms. The van der Waals surface area contributed by atoms with Crippen molar-refractivity contribution in [3.63, 3.8) is 0 Å². The molecule has 7 nitrogen and oxygen atoms in total. The maximum Gasteiger partial charge on any atom is 0.266 e. The number of carbonyl (C=O) groups excluding carboxylic acids is 1. The summed E-state index contributed by atoms with van der Waals surface area (Å²) in [5, 5.41) is 8.96. The minimum absolute atomic E-state index is 0.0336. The molecule has 152 valence electrons. The van der Waals surface area contributed by atoms with Gasteiger partial charge in [-0.2, -0.15) is 0 Å². The lowest BCUT2D eigenvalue weighted by Crippen LogP contribution is -2.30. The fourth-order valence-electron chi connectivity index (χ4n) is 2.63. The number of rotatable bonds is 10. The van der Waals surface area contributed by atoms with Gasteiger partial charge in [-0.3, -0.25) is 9.78 Å². The summed E-state index contributed by atoms with van der Waals surface area (Å²) in [6.07, 6.45) is 4.42. The van der Waals surface area contributed by atoms with Crippen molar-refractivity contribution in [1.82, 2.24) is 9.71 Å². The van der Waals surface area contributed by atoms with E-state index in [0.717, 1.165) is 19.3 Å². The van der Waals surface area contributed by atoms with Crippen molar-refractivity contribution < 1.29 is 23.1 Å². The third-order valence-electron chi connectivity index (χ3n) is 4.37. The van der Waals surface area contributed by atoms with E-state index in [1.165, 1.54) is 30.5 Å². The maximum absolute atomic E-state index is 12.4. The molecule has 0 aliphatic rings. The lowest BCUT2D eigenvalue weighted by atomic mass is 10.0. The van der Waals surface area contributed by atoms with Crippen LogP contribution in [0.4, 0.5) is 0 Å². The molecule has 2 rings (SSSR count). The average molecular weight is 407 g/mol. The number of ether oxygens (including phenoxy) is 1. The molecule has 8 heteroatoms. The van der Waals surface area contributed by atoms with Gasteiger partial charge in [-0.25, -0.2) is 13.1 Å². The second-order valence-electron chi connectivity index (χ2n) is 6.48. The fourth-order valence-corrected chi connectivity index (χ4v) is 3.61. The summed E-state index contributed by atoms with van der Waals surface area (Å²) in [5.74, 6) is 0.268. The molecule has 1 aromatic carbocycles. The van der Waals surface area contributed by atoms with Gasteiger partial charge in [-0.05, 0) is 48.7 Å². The van der Waals surface area contributed by atoms with Crippen LogP contribution in [-0.2, 0) is 16.6 Å². The number of nitrogens with one attached hydrogen (secondary N) is 1. The highest BCUT2D eigenvalue weighted by atomic mass is 32.2. The molecule has 0 saturated heterocycles. The Labute approximate surface area is 165 Å². The Balaban J connectivity index is 2.01. The van der Waals surface area contributed by atoms with Gasteiger partial charge in [0.25, 0.3) is 15.9 Å². The molecule has 1 aromatic heterocycles. The van der Waals surface area contributed by atoms with E-state index in [0.29, 0.717) is 24.0 Å². The summed E-state index contributed by atoms with van der Waals surface area (Å²) in [4.78, 5) is 16.0. The molecule has 0 radical (unpaired) electrons. The lowest BCUT2D eigenvalue weighted by Gasteiger charge is -2.15. The third-order valence-corrected chi connectivity index (χ3v) is 5.72. The monoisotopic (exact) mass is 406 g/mol. The molecule has 1 heterocycles. The van der Waals surface area contributed by atoms with Gasteiger partial charge < -0.3 is 9.84 Å². The second kappa shape index (κ2) is 10.2. The van der Waals surface area contributed by atoms with E-state index in [2.05, 4.69) is 18.8 Å². The quantitative estimate of drug-likeness (QED) is 0.628. The SMILES string of the molecule is CCCC(CC)COc1ccc(S(=O)(=O)NC(=O)c2ccc(CO)nc2)cc1. The number of hydrogen-bond acceptors (Lipinski definition) is 6. The van der Waals surface area contributed by atoms with Crippen molar-refractivity contribution in [2.45, 2.75) is 44.6 Å². The van der Waals surface area contributed by atoms with Crippen molar-refractivity contribution >= 4 is 15.9 Å². The van der Waals surface area contributed by atoms with E-state index in [9.17, 15) is 13.2 Å². The topological polar surface area (TPSA) is 106 Å². The van der Waals surface area contributed by atoms with Crippen molar-refractivity contribution in [2.24, 2.45) is 5.92 Å². The van der Waals surface area contributed by atoms with Gasteiger partial charge in [-0.15, -0.1) is 0 Å². The minimum Gasteiger partial charge on any atom is -0.493 e. The normalized spacial score (nSPS) is 12.4. The van der Waals surface area contributed by atoms with Gasteiger partial charge in [-0.1, -0.05) is 26.7 Å². The van der Waals surface area contributed by atoms with E-state index in [1.54, 1.807) is 12.1 Å². The summed E-state index contributed by atoms with van der Waals surface area (Å²) >= 11 is 0. The largest absolute Gasteiger partial charge is 0.493 e. The summed E-state index contributed by atoms with van der Waals surface area (Å²) in [5.41, 5.74) is 0.474. The Morgan fingerprint density at radius 1 is 1.18 bits per heavy atom. The Bertz CT molecular complexity index is 864. The molecule has 1 unspecified atom stereocenters. The number of amides is 1. The molecule has 0 aliphatic carbocycles. The predicted molar refractivity (Wildman–Crippen MR) is 105 cm³/mol. The van der Waals surface area contributed by atoms with Gasteiger partial charge in [0.05, 0.1) is 29.4 Å². The first-order valence-electron chi connectivity index (χ1n) is 9.25. The molecule has 0 aliphatic heterocycles. The van der Waals surface area contributed by atoms with Crippen molar-refractivity contribution in [3.8, 4) is 5.75 Å². The van der Waals surface area contributed by atoms with E-state index in [1.807, 2.05) is 4.72 Å². The van der Waals surface area contributed by atoms with Crippen LogP contribution in [0.15, 0.2) is 47.5 Å². The zero-order chi connectivity index (χ0) is 20.6. The van der Waals surface area contributed by atoms with E-state index in [4.69, 9.17) is 9.84 Å². The Kier molecular flexibility index (Phi) is 7.95. The van der Waals surface area contributed by atoms with Crippen LogP contribution in [0.3, 0.4) is 0 Å². The van der Waals surface area contributed by atoms with Crippen LogP contribution in [0.2, 0.25) is 0 Å². The summed E-state index contributed by atoms with van der Waals surface area (Å²) in [6.45, 7) is 4.58. The second-order valence-corrected chi connectivity index (χ2v) is 8.16. The highest BCUT2D eigenvalue weighted by Crippen LogP contribution is 2.19. The van der Waals surface area contributed by atoms with Crippen LogP contribution in [0.1, 0.15) is 49.2 Å². The molecule has 2 aromatic rings. The van der Waals surface area contributed by atoms with Gasteiger partial charge in [0.1, 0.15) is 5.75 Å². The number of sulfonamides is 1. The number of aliphatic hydroxyl groups excluding tert-OH is 1. The molecular formula is C20H26N2O5S. The number of pyridine rings is 1. The lowest BCUT2D eigenvalue weighted by molar-refractivity contribution is 0.0981. The molecule has 1 atom stereocenters. The van der Waals surface area contributed by atoms with Gasteiger partial charge >= 0.3 is 0 Å². The van der Waals surface area contributed by atoms with E-state index < -0.39 is 15.9 Å². The average Bonchev–Trinajstić information content (AvgIpc) is 2.71. The third kappa shape index (κ3) is 6.03. The maximum atomic E-state index is 12.4. The Morgan fingerprint density at radius 3 is 2.43 bits per heavy atom. The highest BCUT2D eigenvalue weighted by molar-refractivity contribution is 7.90. The molecule has 0 saturated carbocycles. The molecule has 0 fully saturated rings. The van der Waals surface area contributed by atoms with Crippen LogP contribution >= 0.6 is 0 Å². The molecular weight excluding hydrogens is 380 g/mol. The summed E-state index contributed by atoms with van der Waals surface area (Å²) in [7, 11) is -4.02. The van der Waals surface area contributed by atoms with Crippen molar-refractivity contribution in [2.75, 3.05) is 6.61 Å². The van der Waals surface area contributed by atoms with Gasteiger partial charge in [0, 0.05) is 6.20 Å². The Morgan fingerprint density at radius 2 is 1.89 bits per heavy atom. The number of aromatic nitrogens is 1. The number of nitrogens with zero attached hydrogens (tertiary/aromatic N) is 1. The zero-order valence-corrected chi connectivity index (χ0v) is 16.9. The zero-order valence-electron chi connectivity index (χ0n) is 16.1. The molecule has 0 bridgehead atoms. The van der Waals surface area contributed by atoms with Crippen LogP contribution < -0.4 is 9.46 Å². The minimum atomic E-state index is -4.02. The fraction of sp³-hybridized carbons (Fsp3) is 0.400. The van der Waals surface area contributed by atoms with E-state index >= 15 is 0 Å². The standard InChI is InChI=1S/C20H26N2O5S/c1-3-5-15(4-2)14-27-18-8-10-19(11-9-18)28(25,26)22-20(24)16-6-7-17(13-23)21-12-16/h6-12,15,23H,3-5,13-14H2,1-2H3,(H,22,24). The smallest absolute Gasteiger partial charge is 0.266 e.